The first-order chi connectivity index (χ1) is 6.76. The molecule has 0 bridgehead atoms. The van der Waals surface area contributed by atoms with E-state index in [1.807, 2.05) is 0 Å². The zero-order valence-electron chi connectivity index (χ0n) is 9.04. The van der Waals surface area contributed by atoms with Crippen LogP contribution in [0, 0.1) is 6.92 Å². The topological polar surface area (TPSA) is 17.8 Å². The van der Waals surface area contributed by atoms with Gasteiger partial charge in [-0.15, -0.1) is 0 Å². The predicted octanol–water partition coefficient (Wildman–Crippen LogP) is 2.93. The van der Waals surface area contributed by atoms with E-state index in [2.05, 4.69) is 48.5 Å². The third-order valence-corrected chi connectivity index (χ3v) is 2.62. The minimum atomic E-state index is 1.00. The predicted molar refractivity (Wildman–Crippen MR) is 59.5 cm³/mol. The first-order valence-corrected chi connectivity index (χ1v) is 5.22. The molecular formula is C12H16N2. The lowest BCUT2D eigenvalue weighted by Gasteiger charge is -2.03. The van der Waals surface area contributed by atoms with Crippen molar-refractivity contribution in [3.05, 3.63) is 29.6 Å². The van der Waals surface area contributed by atoms with Crippen molar-refractivity contribution >= 4 is 11.0 Å². The van der Waals surface area contributed by atoms with Crippen LogP contribution >= 0.6 is 0 Å². The van der Waals surface area contributed by atoms with E-state index in [9.17, 15) is 0 Å². The van der Waals surface area contributed by atoms with Gasteiger partial charge in [-0.3, -0.25) is 0 Å². The minimum Gasteiger partial charge on any atom is -0.328 e. The van der Waals surface area contributed by atoms with E-state index in [1.54, 1.807) is 0 Å². The summed E-state index contributed by atoms with van der Waals surface area (Å²) in [6.45, 7) is 7.45. The maximum atomic E-state index is 4.61. The fourth-order valence-electron chi connectivity index (χ4n) is 1.91. The molecule has 0 saturated carbocycles. The standard InChI is InChI=1S/C12H16N2/c1-4-12-13-10-7-6-9(3)8-11(10)14(12)5-2/h6-8H,4-5H2,1-3H3. The molecule has 0 N–H and O–H groups in total. The summed E-state index contributed by atoms with van der Waals surface area (Å²) in [5.74, 6) is 1.19. The van der Waals surface area contributed by atoms with Crippen molar-refractivity contribution in [1.82, 2.24) is 9.55 Å². The van der Waals surface area contributed by atoms with Crippen LogP contribution in [0.25, 0.3) is 11.0 Å². The summed E-state index contributed by atoms with van der Waals surface area (Å²) in [6, 6.07) is 6.44. The van der Waals surface area contributed by atoms with Crippen LogP contribution in [-0.2, 0) is 13.0 Å². The van der Waals surface area contributed by atoms with Crippen molar-refractivity contribution in [2.45, 2.75) is 33.7 Å². The van der Waals surface area contributed by atoms with Crippen LogP contribution in [0.3, 0.4) is 0 Å². The number of benzene rings is 1. The molecule has 2 nitrogen and oxygen atoms in total. The van der Waals surface area contributed by atoms with E-state index in [4.69, 9.17) is 0 Å². The zero-order valence-corrected chi connectivity index (χ0v) is 9.04. The van der Waals surface area contributed by atoms with E-state index in [1.165, 1.54) is 16.9 Å². The Kier molecular flexibility index (Phi) is 2.28. The molecule has 0 saturated heterocycles. The molecule has 0 fully saturated rings. The van der Waals surface area contributed by atoms with E-state index >= 15 is 0 Å². The van der Waals surface area contributed by atoms with Gasteiger partial charge in [-0.1, -0.05) is 13.0 Å². The Hall–Kier alpha value is -1.31. The van der Waals surface area contributed by atoms with E-state index in [0.717, 1.165) is 18.5 Å². The van der Waals surface area contributed by atoms with Gasteiger partial charge in [0.1, 0.15) is 5.82 Å². The lowest BCUT2D eigenvalue weighted by atomic mass is 10.2. The molecule has 1 heterocycles. The molecule has 14 heavy (non-hydrogen) atoms. The van der Waals surface area contributed by atoms with Gasteiger partial charge in [0.05, 0.1) is 11.0 Å². The normalized spacial score (nSPS) is 11.1. The highest BCUT2D eigenvalue weighted by Gasteiger charge is 2.06. The SMILES string of the molecule is CCc1nc2ccc(C)cc2n1CC. The quantitative estimate of drug-likeness (QED) is 0.708. The highest BCUT2D eigenvalue weighted by Crippen LogP contribution is 2.17. The van der Waals surface area contributed by atoms with Crippen LogP contribution in [0.15, 0.2) is 18.2 Å². The Morgan fingerprint density at radius 2 is 2.07 bits per heavy atom. The van der Waals surface area contributed by atoms with Crippen LogP contribution in [0.5, 0.6) is 0 Å². The van der Waals surface area contributed by atoms with Crippen molar-refractivity contribution in [2.75, 3.05) is 0 Å². The second-order valence-corrected chi connectivity index (χ2v) is 3.62. The summed E-state index contributed by atoms with van der Waals surface area (Å²) >= 11 is 0. The molecule has 0 aliphatic carbocycles. The third-order valence-electron chi connectivity index (χ3n) is 2.62. The third kappa shape index (κ3) is 1.31. The number of nitrogens with zero attached hydrogens (tertiary/aromatic N) is 2. The molecular weight excluding hydrogens is 172 g/mol. The molecule has 2 rings (SSSR count). The van der Waals surface area contributed by atoms with Gasteiger partial charge in [-0.2, -0.15) is 0 Å². The second kappa shape index (κ2) is 3.45. The summed E-state index contributed by atoms with van der Waals surface area (Å²) in [6.07, 6.45) is 1.00. The Balaban J connectivity index is 2.74. The number of hydrogen-bond donors (Lipinski definition) is 0. The molecule has 0 aliphatic heterocycles. The van der Waals surface area contributed by atoms with Crippen molar-refractivity contribution in [3.63, 3.8) is 0 Å². The highest BCUT2D eigenvalue weighted by molar-refractivity contribution is 5.76. The zero-order chi connectivity index (χ0) is 10.1. The Labute approximate surface area is 84.6 Å². The number of aryl methyl sites for hydroxylation is 3. The molecule has 2 aromatic rings. The van der Waals surface area contributed by atoms with Crippen LogP contribution in [-0.4, -0.2) is 9.55 Å². The number of imidazole rings is 1. The molecule has 1 aromatic heterocycles. The van der Waals surface area contributed by atoms with Gasteiger partial charge in [-0.25, -0.2) is 4.98 Å². The highest BCUT2D eigenvalue weighted by atomic mass is 15.1. The minimum absolute atomic E-state index is 1.00. The van der Waals surface area contributed by atoms with E-state index in [0.29, 0.717) is 0 Å². The number of rotatable bonds is 2. The fourth-order valence-corrected chi connectivity index (χ4v) is 1.91. The van der Waals surface area contributed by atoms with Crippen molar-refractivity contribution in [2.24, 2.45) is 0 Å². The summed E-state index contributed by atoms with van der Waals surface area (Å²) in [7, 11) is 0. The van der Waals surface area contributed by atoms with Crippen LogP contribution in [0.4, 0.5) is 0 Å². The van der Waals surface area contributed by atoms with E-state index < -0.39 is 0 Å². The Bertz CT molecular complexity index is 455. The monoisotopic (exact) mass is 188 g/mol. The largest absolute Gasteiger partial charge is 0.328 e. The lowest BCUT2D eigenvalue weighted by Crippen LogP contribution is -1.99. The van der Waals surface area contributed by atoms with Crippen molar-refractivity contribution < 1.29 is 0 Å². The average Bonchev–Trinajstić information content (AvgIpc) is 2.54. The summed E-state index contributed by atoms with van der Waals surface area (Å²) < 4.78 is 2.29. The van der Waals surface area contributed by atoms with Gasteiger partial charge in [0.25, 0.3) is 0 Å². The molecule has 0 atom stereocenters. The molecule has 0 radical (unpaired) electrons. The van der Waals surface area contributed by atoms with Gasteiger partial charge >= 0.3 is 0 Å². The van der Waals surface area contributed by atoms with Gasteiger partial charge in [0, 0.05) is 13.0 Å². The van der Waals surface area contributed by atoms with E-state index in [-0.39, 0.29) is 0 Å². The van der Waals surface area contributed by atoms with Gasteiger partial charge in [-0.05, 0) is 31.5 Å². The van der Waals surface area contributed by atoms with Gasteiger partial charge in [0.15, 0.2) is 0 Å². The average molecular weight is 188 g/mol. The van der Waals surface area contributed by atoms with Crippen molar-refractivity contribution in [1.29, 1.82) is 0 Å². The first kappa shape index (κ1) is 9.25. The summed E-state index contributed by atoms with van der Waals surface area (Å²) in [4.78, 5) is 4.61. The molecule has 0 amide bonds. The molecule has 1 aromatic carbocycles. The number of fused-ring (bicyclic) bond motifs is 1. The summed E-state index contributed by atoms with van der Waals surface area (Å²) in [5.41, 5.74) is 3.69. The van der Waals surface area contributed by atoms with Crippen LogP contribution < -0.4 is 0 Å². The molecule has 2 heteroatoms. The lowest BCUT2D eigenvalue weighted by molar-refractivity contribution is 0.725. The Morgan fingerprint density at radius 3 is 2.71 bits per heavy atom. The maximum absolute atomic E-state index is 4.61. The van der Waals surface area contributed by atoms with Crippen LogP contribution in [0.2, 0.25) is 0 Å². The fraction of sp³-hybridized carbons (Fsp3) is 0.417. The number of aromatic nitrogens is 2. The number of hydrogen-bond acceptors (Lipinski definition) is 1. The van der Waals surface area contributed by atoms with Gasteiger partial charge < -0.3 is 4.57 Å². The Morgan fingerprint density at radius 1 is 1.29 bits per heavy atom. The molecule has 0 unspecified atom stereocenters. The second-order valence-electron chi connectivity index (χ2n) is 3.62. The molecule has 74 valence electrons. The maximum Gasteiger partial charge on any atom is 0.109 e. The summed E-state index contributed by atoms with van der Waals surface area (Å²) in [5, 5.41) is 0. The first-order valence-electron chi connectivity index (χ1n) is 5.22. The smallest absolute Gasteiger partial charge is 0.109 e. The molecule has 0 aliphatic rings. The van der Waals surface area contributed by atoms with Crippen molar-refractivity contribution in [3.8, 4) is 0 Å². The van der Waals surface area contributed by atoms with Gasteiger partial charge in [0.2, 0.25) is 0 Å². The van der Waals surface area contributed by atoms with Crippen LogP contribution in [0.1, 0.15) is 25.2 Å². The molecule has 0 spiro atoms.